The molecule has 2 rings (SSSR count). The van der Waals surface area contributed by atoms with Crippen molar-refractivity contribution < 1.29 is 0 Å². The molecule has 0 amide bonds. The van der Waals surface area contributed by atoms with Crippen LogP contribution in [-0.4, -0.2) is 12.0 Å². The van der Waals surface area contributed by atoms with Crippen molar-refractivity contribution in [2.45, 2.75) is 26.3 Å². The molecule has 1 unspecified atom stereocenters. The van der Waals surface area contributed by atoms with Crippen molar-refractivity contribution in [3.63, 3.8) is 0 Å². The lowest BCUT2D eigenvalue weighted by atomic mass is 9.96. The molecule has 0 saturated carbocycles. The number of rotatable bonds is 4. The van der Waals surface area contributed by atoms with Gasteiger partial charge in [-0.15, -0.1) is 0 Å². The Morgan fingerprint density at radius 3 is 2.76 bits per heavy atom. The second kappa shape index (κ2) is 5.28. The molecule has 0 aliphatic heterocycles. The van der Waals surface area contributed by atoms with E-state index in [0.29, 0.717) is 12.0 Å². The predicted molar refractivity (Wildman–Crippen MR) is 73.0 cm³/mol. The fourth-order valence-corrected chi connectivity index (χ4v) is 2.19. The van der Waals surface area contributed by atoms with Crippen LogP contribution in [0.5, 0.6) is 0 Å². The Morgan fingerprint density at radius 2 is 2.06 bits per heavy atom. The van der Waals surface area contributed by atoms with Crippen LogP contribution < -0.4 is 5.32 Å². The van der Waals surface area contributed by atoms with Crippen molar-refractivity contribution in [3.05, 3.63) is 42.1 Å². The highest BCUT2D eigenvalue weighted by Gasteiger charge is 2.11. The number of pyridine rings is 1. The quantitative estimate of drug-likeness (QED) is 0.865. The van der Waals surface area contributed by atoms with Crippen molar-refractivity contribution in [2.24, 2.45) is 5.92 Å². The number of benzene rings is 1. The Balaban J connectivity index is 2.34. The molecular weight excluding hydrogens is 208 g/mol. The normalized spacial score (nSPS) is 13.2. The second-order valence-electron chi connectivity index (χ2n) is 4.93. The molecule has 0 aliphatic rings. The number of fused-ring (bicyclic) bond motifs is 1. The van der Waals surface area contributed by atoms with Gasteiger partial charge in [0.25, 0.3) is 0 Å². The third-order valence-corrected chi connectivity index (χ3v) is 3.09. The summed E-state index contributed by atoms with van der Waals surface area (Å²) in [5.74, 6) is 0.687. The monoisotopic (exact) mass is 228 g/mol. The number of hydrogen-bond donors (Lipinski definition) is 1. The summed E-state index contributed by atoms with van der Waals surface area (Å²) < 4.78 is 0. The third-order valence-electron chi connectivity index (χ3n) is 3.09. The van der Waals surface area contributed by atoms with E-state index in [9.17, 15) is 0 Å². The molecule has 1 aromatic heterocycles. The average Bonchev–Trinajstić information content (AvgIpc) is 2.35. The fraction of sp³-hybridized carbons (Fsp3) is 0.400. The van der Waals surface area contributed by atoms with E-state index in [-0.39, 0.29) is 0 Å². The van der Waals surface area contributed by atoms with E-state index in [1.165, 1.54) is 10.9 Å². The summed E-state index contributed by atoms with van der Waals surface area (Å²) in [5.41, 5.74) is 2.40. The summed E-state index contributed by atoms with van der Waals surface area (Å²) >= 11 is 0. The average molecular weight is 228 g/mol. The van der Waals surface area contributed by atoms with Crippen LogP contribution in [0.1, 0.15) is 31.9 Å². The third kappa shape index (κ3) is 2.83. The van der Waals surface area contributed by atoms with E-state index >= 15 is 0 Å². The van der Waals surface area contributed by atoms with E-state index < -0.39 is 0 Å². The minimum absolute atomic E-state index is 0.418. The first kappa shape index (κ1) is 12.1. The molecule has 1 N–H and O–H groups in total. The Labute approximate surface area is 103 Å². The molecule has 90 valence electrons. The van der Waals surface area contributed by atoms with E-state index in [1.807, 2.05) is 19.3 Å². The van der Waals surface area contributed by atoms with Gasteiger partial charge in [-0.05, 0) is 37.1 Å². The lowest BCUT2D eigenvalue weighted by Crippen LogP contribution is -2.18. The van der Waals surface area contributed by atoms with Crippen molar-refractivity contribution in [3.8, 4) is 0 Å². The number of hydrogen-bond acceptors (Lipinski definition) is 2. The number of nitrogens with zero attached hydrogens (tertiary/aromatic N) is 1. The molecule has 0 spiro atoms. The molecule has 2 heteroatoms. The molecule has 1 heterocycles. The predicted octanol–water partition coefficient (Wildman–Crippen LogP) is 3.54. The minimum Gasteiger partial charge on any atom is -0.313 e. The summed E-state index contributed by atoms with van der Waals surface area (Å²) in [5, 5.41) is 4.59. The second-order valence-corrected chi connectivity index (χ2v) is 4.93. The molecule has 17 heavy (non-hydrogen) atoms. The summed E-state index contributed by atoms with van der Waals surface area (Å²) in [7, 11) is 2.02. The van der Waals surface area contributed by atoms with Crippen LogP contribution >= 0.6 is 0 Å². The van der Waals surface area contributed by atoms with E-state index in [1.54, 1.807) is 0 Å². The summed E-state index contributed by atoms with van der Waals surface area (Å²) in [4.78, 5) is 4.41. The molecule has 1 atom stereocenters. The largest absolute Gasteiger partial charge is 0.313 e. The Bertz CT molecular complexity index is 491. The van der Waals surface area contributed by atoms with Gasteiger partial charge in [-0.25, -0.2) is 0 Å². The zero-order valence-electron chi connectivity index (χ0n) is 10.8. The lowest BCUT2D eigenvalue weighted by Gasteiger charge is -2.19. The van der Waals surface area contributed by atoms with Crippen LogP contribution in [-0.2, 0) is 0 Å². The van der Waals surface area contributed by atoms with Crippen molar-refractivity contribution in [1.82, 2.24) is 10.3 Å². The SMILES string of the molecule is CNC(CC(C)C)c1ccc2cccnc2c1. The van der Waals surface area contributed by atoms with E-state index in [2.05, 4.69) is 48.4 Å². The van der Waals surface area contributed by atoms with Crippen LogP contribution in [0.25, 0.3) is 10.9 Å². The van der Waals surface area contributed by atoms with Gasteiger partial charge in [0, 0.05) is 17.6 Å². The van der Waals surface area contributed by atoms with Gasteiger partial charge in [-0.1, -0.05) is 32.0 Å². The van der Waals surface area contributed by atoms with Gasteiger partial charge >= 0.3 is 0 Å². The van der Waals surface area contributed by atoms with E-state index in [0.717, 1.165) is 11.9 Å². The smallest absolute Gasteiger partial charge is 0.0705 e. The fourth-order valence-electron chi connectivity index (χ4n) is 2.19. The highest BCUT2D eigenvalue weighted by molar-refractivity contribution is 5.78. The molecule has 2 nitrogen and oxygen atoms in total. The molecule has 2 aromatic rings. The maximum absolute atomic E-state index is 4.41. The zero-order valence-corrected chi connectivity index (χ0v) is 10.8. The Hall–Kier alpha value is -1.41. The minimum atomic E-state index is 0.418. The van der Waals surface area contributed by atoms with E-state index in [4.69, 9.17) is 0 Å². The topological polar surface area (TPSA) is 24.9 Å². The molecule has 0 fully saturated rings. The van der Waals surface area contributed by atoms with Crippen LogP contribution in [0.15, 0.2) is 36.5 Å². The van der Waals surface area contributed by atoms with Crippen LogP contribution in [0.4, 0.5) is 0 Å². The highest BCUT2D eigenvalue weighted by Crippen LogP contribution is 2.23. The molecule has 1 aromatic carbocycles. The first-order chi connectivity index (χ1) is 8.20. The lowest BCUT2D eigenvalue weighted by molar-refractivity contribution is 0.457. The first-order valence-corrected chi connectivity index (χ1v) is 6.22. The molecule has 0 radical (unpaired) electrons. The van der Waals surface area contributed by atoms with Crippen LogP contribution in [0.3, 0.4) is 0 Å². The number of aromatic nitrogens is 1. The van der Waals surface area contributed by atoms with Crippen molar-refractivity contribution in [2.75, 3.05) is 7.05 Å². The maximum atomic E-state index is 4.41. The maximum Gasteiger partial charge on any atom is 0.0705 e. The Kier molecular flexibility index (Phi) is 3.75. The molecular formula is C15H20N2. The molecule has 0 saturated heterocycles. The highest BCUT2D eigenvalue weighted by atomic mass is 14.9. The van der Waals surface area contributed by atoms with Crippen LogP contribution in [0, 0.1) is 5.92 Å². The van der Waals surface area contributed by atoms with Gasteiger partial charge < -0.3 is 5.32 Å². The molecule has 0 aliphatic carbocycles. The standard InChI is InChI=1S/C15H20N2/c1-11(2)9-14(16-3)13-7-6-12-5-4-8-17-15(12)10-13/h4-8,10-11,14,16H,9H2,1-3H3. The van der Waals surface area contributed by atoms with Gasteiger partial charge in [0.1, 0.15) is 0 Å². The van der Waals surface area contributed by atoms with Crippen molar-refractivity contribution >= 4 is 10.9 Å². The summed E-state index contributed by atoms with van der Waals surface area (Å²) in [6, 6.07) is 11.0. The first-order valence-electron chi connectivity index (χ1n) is 6.22. The summed E-state index contributed by atoms with van der Waals surface area (Å²) in [6.07, 6.45) is 3.00. The summed E-state index contributed by atoms with van der Waals surface area (Å²) in [6.45, 7) is 4.51. The van der Waals surface area contributed by atoms with Gasteiger partial charge in [0.15, 0.2) is 0 Å². The Morgan fingerprint density at radius 1 is 1.24 bits per heavy atom. The van der Waals surface area contributed by atoms with Crippen LogP contribution in [0.2, 0.25) is 0 Å². The van der Waals surface area contributed by atoms with Gasteiger partial charge in [0.2, 0.25) is 0 Å². The van der Waals surface area contributed by atoms with Gasteiger partial charge in [-0.3, -0.25) is 4.98 Å². The van der Waals surface area contributed by atoms with Crippen molar-refractivity contribution in [1.29, 1.82) is 0 Å². The van der Waals surface area contributed by atoms with Gasteiger partial charge in [-0.2, -0.15) is 0 Å². The molecule has 0 bridgehead atoms. The zero-order chi connectivity index (χ0) is 12.3. The number of nitrogens with one attached hydrogen (secondary N) is 1. The van der Waals surface area contributed by atoms with Gasteiger partial charge in [0.05, 0.1) is 5.52 Å².